The SMILES string of the molecule is CCO[C@H]1O[C@H]([C@H](O)CO)/C(=C\c2ccc(CO)o2)C1=O. The second-order valence-corrected chi connectivity index (χ2v) is 4.52. The molecule has 0 amide bonds. The molecule has 0 unspecified atom stereocenters. The first kappa shape index (κ1) is 15.9. The van der Waals surface area contributed by atoms with Gasteiger partial charge in [-0.25, -0.2) is 0 Å². The van der Waals surface area contributed by atoms with E-state index in [-0.39, 0.29) is 18.8 Å². The summed E-state index contributed by atoms with van der Waals surface area (Å²) < 4.78 is 15.8. The Bertz CT molecular complexity index is 519. The van der Waals surface area contributed by atoms with Crippen molar-refractivity contribution in [3.63, 3.8) is 0 Å². The van der Waals surface area contributed by atoms with Crippen LogP contribution in [0.25, 0.3) is 6.08 Å². The maximum Gasteiger partial charge on any atom is 0.223 e. The van der Waals surface area contributed by atoms with Gasteiger partial charge in [0.1, 0.15) is 30.3 Å². The van der Waals surface area contributed by atoms with Crippen molar-refractivity contribution in [3.05, 3.63) is 29.2 Å². The summed E-state index contributed by atoms with van der Waals surface area (Å²) in [7, 11) is 0. The number of Topliss-reactive ketones (excluding diaryl/α,β-unsaturated/α-hetero) is 1. The molecule has 0 spiro atoms. The minimum Gasteiger partial charge on any atom is -0.459 e. The highest BCUT2D eigenvalue weighted by molar-refractivity contribution is 6.04. The van der Waals surface area contributed by atoms with Crippen molar-refractivity contribution in [2.45, 2.75) is 32.0 Å². The van der Waals surface area contributed by atoms with Gasteiger partial charge in [0.2, 0.25) is 12.1 Å². The van der Waals surface area contributed by atoms with Gasteiger partial charge in [0.15, 0.2) is 0 Å². The molecule has 1 aliphatic heterocycles. The van der Waals surface area contributed by atoms with E-state index in [1.807, 2.05) is 0 Å². The van der Waals surface area contributed by atoms with Crippen LogP contribution in [0.4, 0.5) is 0 Å². The van der Waals surface area contributed by atoms with Crippen molar-refractivity contribution in [1.82, 2.24) is 0 Å². The average Bonchev–Trinajstić information content (AvgIpc) is 3.06. The maximum absolute atomic E-state index is 12.2. The molecule has 7 heteroatoms. The van der Waals surface area contributed by atoms with Crippen molar-refractivity contribution in [2.24, 2.45) is 0 Å². The molecule has 7 nitrogen and oxygen atoms in total. The predicted octanol–water partition coefficient (Wildman–Crippen LogP) is -0.161. The Morgan fingerprint density at radius 3 is 2.76 bits per heavy atom. The number of hydrogen-bond acceptors (Lipinski definition) is 7. The van der Waals surface area contributed by atoms with Crippen LogP contribution in [0.1, 0.15) is 18.4 Å². The summed E-state index contributed by atoms with van der Waals surface area (Å²) in [4.78, 5) is 12.2. The molecule has 2 heterocycles. The van der Waals surface area contributed by atoms with E-state index >= 15 is 0 Å². The predicted molar refractivity (Wildman–Crippen MR) is 71.0 cm³/mol. The summed E-state index contributed by atoms with van der Waals surface area (Å²) >= 11 is 0. The van der Waals surface area contributed by atoms with Crippen LogP contribution < -0.4 is 0 Å². The van der Waals surface area contributed by atoms with Crippen LogP contribution >= 0.6 is 0 Å². The quantitative estimate of drug-likeness (QED) is 0.626. The van der Waals surface area contributed by atoms with Gasteiger partial charge in [-0.2, -0.15) is 0 Å². The zero-order chi connectivity index (χ0) is 15.4. The maximum atomic E-state index is 12.2. The first-order valence-electron chi connectivity index (χ1n) is 6.62. The van der Waals surface area contributed by atoms with E-state index in [9.17, 15) is 9.90 Å². The van der Waals surface area contributed by atoms with Crippen molar-refractivity contribution in [3.8, 4) is 0 Å². The smallest absolute Gasteiger partial charge is 0.223 e. The number of furan rings is 1. The number of ketones is 1. The number of rotatable bonds is 6. The van der Waals surface area contributed by atoms with Crippen LogP contribution in [0, 0.1) is 0 Å². The standard InChI is InChI=1S/C14H18O7/c1-2-19-14-12(18)10(13(21-14)11(17)7-16)5-8-3-4-9(6-15)20-8/h3-5,11,13-17H,2,6-7H2,1H3/b10-5-/t11-,13+,14+/m1/s1. The molecule has 0 aliphatic carbocycles. The highest BCUT2D eigenvalue weighted by Gasteiger charge is 2.42. The van der Waals surface area contributed by atoms with Gasteiger partial charge in [-0.15, -0.1) is 0 Å². The normalized spacial score (nSPS) is 25.7. The third-order valence-electron chi connectivity index (χ3n) is 3.07. The molecule has 1 aromatic heterocycles. The monoisotopic (exact) mass is 298 g/mol. The lowest BCUT2D eigenvalue weighted by molar-refractivity contribution is -0.166. The van der Waals surface area contributed by atoms with E-state index in [2.05, 4.69) is 0 Å². The van der Waals surface area contributed by atoms with Crippen molar-refractivity contribution in [1.29, 1.82) is 0 Å². The molecule has 1 fully saturated rings. The van der Waals surface area contributed by atoms with Crippen LogP contribution in [0.5, 0.6) is 0 Å². The third kappa shape index (κ3) is 3.39. The van der Waals surface area contributed by atoms with Crippen LogP contribution in [-0.2, 0) is 20.9 Å². The highest BCUT2D eigenvalue weighted by atomic mass is 16.7. The molecule has 1 aliphatic rings. The van der Waals surface area contributed by atoms with Gasteiger partial charge in [0, 0.05) is 12.2 Å². The van der Waals surface area contributed by atoms with Gasteiger partial charge in [-0.3, -0.25) is 4.79 Å². The number of hydrogen-bond donors (Lipinski definition) is 3. The molecule has 2 rings (SSSR count). The molecule has 3 atom stereocenters. The number of carbonyl (C=O) groups is 1. The first-order chi connectivity index (χ1) is 10.1. The van der Waals surface area contributed by atoms with Gasteiger partial charge < -0.3 is 29.2 Å². The minimum absolute atomic E-state index is 0.161. The van der Waals surface area contributed by atoms with Crippen LogP contribution in [0.15, 0.2) is 22.1 Å². The fraction of sp³-hybridized carbons (Fsp3) is 0.500. The molecule has 21 heavy (non-hydrogen) atoms. The van der Waals surface area contributed by atoms with Gasteiger partial charge in [-0.05, 0) is 25.1 Å². The van der Waals surface area contributed by atoms with Crippen molar-refractivity contribution < 1.29 is 34.0 Å². The number of ether oxygens (including phenoxy) is 2. The average molecular weight is 298 g/mol. The molecule has 3 N–H and O–H groups in total. The largest absolute Gasteiger partial charge is 0.459 e. The molecule has 0 saturated carbocycles. The minimum atomic E-state index is -1.24. The van der Waals surface area contributed by atoms with Crippen LogP contribution in [0.2, 0.25) is 0 Å². The van der Waals surface area contributed by atoms with Gasteiger partial charge >= 0.3 is 0 Å². The number of aliphatic hydroxyl groups is 3. The summed E-state index contributed by atoms with van der Waals surface area (Å²) in [6, 6.07) is 3.16. The molecule has 1 saturated heterocycles. The second-order valence-electron chi connectivity index (χ2n) is 4.52. The molecule has 0 aromatic carbocycles. The zero-order valence-electron chi connectivity index (χ0n) is 11.6. The van der Waals surface area contributed by atoms with Crippen molar-refractivity contribution >= 4 is 11.9 Å². The molecular formula is C14H18O7. The summed E-state index contributed by atoms with van der Waals surface area (Å²) in [6.07, 6.45) is -1.90. The first-order valence-corrected chi connectivity index (χ1v) is 6.62. The van der Waals surface area contributed by atoms with Crippen molar-refractivity contribution in [2.75, 3.05) is 13.2 Å². The van der Waals surface area contributed by atoms with Gasteiger partial charge in [0.25, 0.3) is 0 Å². The summed E-state index contributed by atoms with van der Waals surface area (Å²) in [5.74, 6) is 0.281. The van der Waals surface area contributed by atoms with Crippen LogP contribution in [-0.4, -0.2) is 52.8 Å². The Hall–Kier alpha value is -1.51. The van der Waals surface area contributed by atoms with E-state index in [0.29, 0.717) is 11.5 Å². The Morgan fingerprint density at radius 2 is 2.19 bits per heavy atom. The lowest BCUT2D eigenvalue weighted by Crippen LogP contribution is -2.31. The molecule has 0 radical (unpaired) electrons. The highest BCUT2D eigenvalue weighted by Crippen LogP contribution is 2.28. The molecule has 1 aromatic rings. The van der Waals surface area contributed by atoms with E-state index in [1.165, 1.54) is 6.08 Å². The lowest BCUT2D eigenvalue weighted by Gasteiger charge is -2.16. The Kier molecular flexibility index (Phi) is 5.27. The molecular weight excluding hydrogens is 280 g/mol. The summed E-state index contributed by atoms with van der Waals surface area (Å²) in [5.41, 5.74) is 0.161. The number of carbonyl (C=O) groups excluding carboxylic acids is 1. The van der Waals surface area contributed by atoms with E-state index < -0.39 is 30.9 Å². The summed E-state index contributed by atoms with van der Waals surface area (Å²) in [5, 5.41) is 27.8. The summed E-state index contributed by atoms with van der Waals surface area (Å²) in [6.45, 7) is 1.20. The number of aliphatic hydroxyl groups excluding tert-OH is 3. The Morgan fingerprint density at radius 1 is 1.43 bits per heavy atom. The van der Waals surface area contributed by atoms with E-state index in [0.717, 1.165) is 0 Å². The Balaban J connectivity index is 2.29. The molecule has 116 valence electrons. The van der Waals surface area contributed by atoms with Gasteiger partial charge in [0.05, 0.1) is 6.61 Å². The second kappa shape index (κ2) is 6.97. The zero-order valence-corrected chi connectivity index (χ0v) is 11.6. The topological polar surface area (TPSA) is 109 Å². The van der Waals surface area contributed by atoms with E-state index in [1.54, 1.807) is 19.1 Å². The fourth-order valence-electron chi connectivity index (χ4n) is 2.07. The van der Waals surface area contributed by atoms with Crippen LogP contribution in [0.3, 0.4) is 0 Å². The lowest BCUT2D eigenvalue weighted by atomic mass is 10.0. The van der Waals surface area contributed by atoms with E-state index in [4.69, 9.17) is 24.1 Å². The molecule has 0 bridgehead atoms. The fourth-order valence-corrected chi connectivity index (χ4v) is 2.07. The Labute approximate surface area is 121 Å². The third-order valence-corrected chi connectivity index (χ3v) is 3.07. The van der Waals surface area contributed by atoms with Gasteiger partial charge in [-0.1, -0.05) is 0 Å².